The van der Waals surface area contributed by atoms with E-state index in [-0.39, 0.29) is 0 Å². The van der Waals surface area contributed by atoms with E-state index in [0.717, 1.165) is 6.42 Å². The molecule has 3 aromatic rings. The normalized spacial score (nSPS) is 11.1. The molecule has 0 spiro atoms. The van der Waals surface area contributed by atoms with Crippen molar-refractivity contribution in [3.8, 4) is 0 Å². The lowest BCUT2D eigenvalue weighted by molar-refractivity contribution is 1.25. The van der Waals surface area contributed by atoms with Crippen molar-refractivity contribution in [2.45, 2.75) is 13.3 Å². The minimum atomic E-state index is 1.06. The number of benzene rings is 1. The van der Waals surface area contributed by atoms with Crippen LogP contribution in [0.25, 0.3) is 10.1 Å². The topological polar surface area (TPSA) is 0 Å². The van der Waals surface area contributed by atoms with Gasteiger partial charge in [0.15, 0.2) is 0 Å². The molecule has 0 radical (unpaired) electrons. The minimum Gasteiger partial charge on any atom is -0.149 e. The first-order valence-electron chi connectivity index (χ1n) is 5.33. The van der Waals surface area contributed by atoms with Crippen molar-refractivity contribution in [1.29, 1.82) is 0 Å². The lowest BCUT2D eigenvalue weighted by atomic mass is 10.1. The lowest BCUT2D eigenvalue weighted by Crippen LogP contribution is -1.82. The van der Waals surface area contributed by atoms with Gasteiger partial charge in [0, 0.05) is 20.9 Å². The van der Waals surface area contributed by atoms with Crippen molar-refractivity contribution in [3.05, 3.63) is 57.1 Å². The van der Waals surface area contributed by atoms with Crippen LogP contribution >= 0.6 is 22.7 Å². The van der Waals surface area contributed by atoms with E-state index in [4.69, 9.17) is 0 Å². The highest BCUT2D eigenvalue weighted by Crippen LogP contribution is 2.27. The van der Waals surface area contributed by atoms with Crippen LogP contribution in [-0.2, 0) is 6.42 Å². The molecule has 0 aliphatic heterocycles. The summed E-state index contributed by atoms with van der Waals surface area (Å²) in [5.41, 5.74) is 1.41. The molecule has 0 nitrogen and oxygen atoms in total. The first-order valence-corrected chi connectivity index (χ1v) is 7.02. The summed E-state index contributed by atoms with van der Waals surface area (Å²) in [7, 11) is 0. The molecular weight excluding hydrogens is 232 g/mol. The number of hydrogen-bond donors (Lipinski definition) is 0. The molecule has 0 aliphatic carbocycles. The van der Waals surface area contributed by atoms with Gasteiger partial charge in [0.2, 0.25) is 0 Å². The zero-order valence-electron chi connectivity index (χ0n) is 9.07. The van der Waals surface area contributed by atoms with Gasteiger partial charge >= 0.3 is 0 Å². The second-order valence-electron chi connectivity index (χ2n) is 3.99. The molecule has 0 bridgehead atoms. The summed E-state index contributed by atoms with van der Waals surface area (Å²) in [4.78, 5) is 2.83. The number of hydrogen-bond acceptors (Lipinski definition) is 2. The van der Waals surface area contributed by atoms with E-state index < -0.39 is 0 Å². The number of aryl methyl sites for hydroxylation is 1. The monoisotopic (exact) mass is 244 g/mol. The first-order chi connectivity index (χ1) is 7.81. The Hall–Kier alpha value is -1.12. The highest BCUT2D eigenvalue weighted by atomic mass is 32.1. The molecule has 0 aliphatic rings. The third-order valence-electron chi connectivity index (χ3n) is 2.66. The molecule has 0 saturated heterocycles. The quantitative estimate of drug-likeness (QED) is 0.604. The molecule has 3 rings (SSSR count). The second-order valence-corrected chi connectivity index (χ2v) is 6.31. The Morgan fingerprint density at radius 1 is 1.12 bits per heavy atom. The van der Waals surface area contributed by atoms with Crippen LogP contribution in [0.1, 0.15) is 15.3 Å². The molecule has 0 atom stereocenters. The van der Waals surface area contributed by atoms with Crippen molar-refractivity contribution in [2.24, 2.45) is 0 Å². The molecule has 80 valence electrons. The van der Waals surface area contributed by atoms with E-state index >= 15 is 0 Å². The number of thiophene rings is 2. The summed E-state index contributed by atoms with van der Waals surface area (Å²) in [6, 6.07) is 13.4. The lowest BCUT2D eigenvalue weighted by Gasteiger charge is -1.98. The van der Waals surface area contributed by atoms with Gasteiger partial charge in [0.1, 0.15) is 0 Å². The van der Waals surface area contributed by atoms with E-state index in [1.54, 1.807) is 0 Å². The van der Waals surface area contributed by atoms with Gasteiger partial charge in [-0.15, -0.1) is 22.7 Å². The van der Waals surface area contributed by atoms with E-state index in [9.17, 15) is 0 Å². The van der Waals surface area contributed by atoms with Gasteiger partial charge in [-0.1, -0.05) is 12.1 Å². The Labute approximate surface area is 103 Å². The Morgan fingerprint density at radius 3 is 2.88 bits per heavy atom. The fourth-order valence-electron chi connectivity index (χ4n) is 1.95. The van der Waals surface area contributed by atoms with Gasteiger partial charge in [0.05, 0.1) is 0 Å². The molecule has 0 amide bonds. The molecule has 0 N–H and O–H groups in total. The summed E-state index contributed by atoms with van der Waals surface area (Å²) in [5.74, 6) is 0. The fraction of sp³-hybridized carbons (Fsp3) is 0.143. The van der Waals surface area contributed by atoms with E-state index in [1.807, 2.05) is 22.7 Å². The maximum Gasteiger partial charge on any atom is 0.0345 e. The smallest absolute Gasteiger partial charge is 0.0345 e. The molecule has 0 saturated carbocycles. The van der Waals surface area contributed by atoms with Crippen molar-refractivity contribution >= 4 is 32.8 Å². The predicted molar refractivity (Wildman–Crippen MR) is 73.7 cm³/mol. The van der Waals surface area contributed by atoms with Crippen LogP contribution in [0.15, 0.2) is 41.8 Å². The van der Waals surface area contributed by atoms with Crippen LogP contribution in [0.2, 0.25) is 0 Å². The van der Waals surface area contributed by atoms with Gasteiger partial charge < -0.3 is 0 Å². The Balaban J connectivity index is 1.98. The Morgan fingerprint density at radius 2 is 2.06 bits per heavy atom. The maximum absolute atomic E-state index is 2.32. The average molecular weight is 244 g/mol. The zero-order valence-corrected chi connectivity index (χ0v) is 10.7. The second kappa shape index (κ2) is 4.04. The summed E-state index contributed by atoms with van der Waals surface area (Å²) >= 11 is 3.70. The minimum absolute atomic E-state index is 1.06. The van der Waals surface area contributed by atoms with Crippen molar-refractivity contribution < 1.29 is 0 Å². The molecule has 0 unspecified atom stereocenters. The van der Waals surface area contributed by atoms with Gasteiger partial charge in [-0.05, 0) is 47.5 Å². The summed E-state index contributed by atoms with van der Waals surface area (Å²) in [6.45, 7) is 2.17. The number of rotatable bonds is 2. The molecule has 16 heavy (non-hydrogen) atoms. The van der Waals surface area contributed by atoms with Crippen LogP contribution in [0.5, 0.6) is 0 Å². The van der Waals surface area contributed by atoms with Crippen molar-refractivity contribution in [3.63, 3.8) is 0 Å². The highest BCUT2D eigenvalue weighted by molar-refractivity contribution is 7.19. The third-order valence-corrected chi connectivity index (χ3v) is 4.57. The Bertz CT molecular complexity index is 603. The van der Waals surface area contributed by atoms with Crippen LogP contribution in [0, 0.1) is 6.92 Å². The van der Waals surface area contributed by atoms with Gasteiger partial charge in [0.25, 0.3) is 0 Å². The number of fused-ring (bicyclic) bond motifs is 1. The van der Waals surface area contributed by atoms with Crippen molar-refractivity contribution in [2.75, 3.05) is 0 Å². The van der Waals surface area contributed by atoms with Crippen LogP contribution < -0.4 is 0 Å². The van der Waals surface area contributed by atoms with Crippen molar-refractivity contribution in [1.82, 2.24) is 0 Å². The molecule has 2 heteroatoms. The molecule has 1 aromatic carbocycles. The average Bonchev–Trinajstić information content (AvgIpc) is 2.85. The third kappa shape index (κ3) is 1.91. The van der Waals surface area contributed by atoms with Gasteiger partial charge in [-0.3, -0.25) is 0 Å². The maximum atomic E-state index is 2.32. The summed E-state index contributed by atoms with van der Waals surface area (Å²) in [6.07, 6.45) is 1.06. The molecular formula is C14H12S2. The van der Waals surface area contributed by atoms with Crippen LogP contribution in [0.3, 0.4) is 0 Å². The first kappa shape index (κ1) is 10.1. The van der Waals surface area contributed by atoms with E-state index in [1.165, 1.54) is 25.4 Å². The molecule has 2 aromatic heterocycles. The standard InChI is InChI=1S/C14H12S2/c1-10-7-12-8-11(4-5-14(12)16-10)9-13-3-2-6-15-13/h2-8H,9H2,1H3. The van der Waals surface area contributed by atoms with Crippen LogP contribution in [0.4, 0.5) is 0 Å². The zero-order chi connectivity index (χ0) is 11.0. The van der Waals surface area contributed by atoms with Crippen LogP contribution in [-0.4, -0.2) is 0 Å². The highest BCUT2D eigenvalue weighted by Gasteiger charge is 2.01. The molecule has 0 fully saturated rings. The summed E-state index contributed by atoms with van der Waals surface area (Å²) < 4.78 is 1.40. The van der Waals surface area contributed by atoms with E-state index in [0.29, 0.717) is 0 Å². The Kier molecular flexibility index (Phi) is 2.54. The largest absolute Gasteiger partial charge is 0.149 e. The van der Waals surface area contributed by atoms with E-state index in [2.05, 4.69) is 48.7 Å². The SMILES string of the molecule is Cc1cc2cc(Cc3cccs3)ccc2s1. The van der Waals surface area contributed by atoms with Gasteiger partial charge in [-0.25, -0.2) is 0 Å². The molecule has 2 heterocycles. The predicted octanol–water partition coefficient (Wildman–Crippen LogP) is 4.86. The summed E-state index contributed by atoms with van der Waals surface area (Å²) in [5, 5.41) is 3.53. The fourth-order valence-corrected chi connectivity index (χ4v) is 3.59. The van der Waals surface area contributed by atoms with Gasteiger partial charge in [-0.2, -0.15) is 0 Å².